The van der Waals surface area contributed by atoms with Gasteiger partial charge in [-0.15, -0.1) is 0 Å². The van der Waals surface area contributed by atoms with E-state index in [0.717, 1.165) is 19.0 Å². The van der Waals surface area contributed by atoms with E-state index in [4.69, 9.17) is 0 Å². The van der Waals surface area contributed by atoms with E-state index in [2.05, 4.69) is 22.5 Å². The Morgan fingerprint density at radius 2 is 1.68 bits per heavy atom. The molecule has 3 rings (SSSR count). The molecule has 3 aliphatic rings. The molecule has 0 bridgehead atoms. The molecule has 2 aliphatic carbocycles. The van der Waals surface area contributed by atoms with Crippen LogP contribution in [0, 0.1) is 5.92 Å². The van der Waals surface area contributed by atoms with Gasteiger partial charge in [0.15, 0.2) is 0 Å². The van der Waals surface area contributed by atoms with Gasteiger partial charge < -0.3 is 10.6 Å². The number of carbonyl (C=O) groups excluding carboxylic acids is 1. The maximum Gasteiger partial charge on any atom is 0.237 e. The summed E-state index contributed by atoms with van der Waals surface area (Å²) in [6.45, 7) is 5.40. The molecule has 0 radical (unpaired) electrons. The van der Waals surface area contributed by atoms with Crippen LogP contribution in [0.1, 0.15) is 64.7 Å². The summed E-state index contributed by atoms with van der Waals surface area (Å²) >= 11 is 0. The van der Waals surface area contributed by atoms with Gasteiger partial charge in [-0.1, -0.05) is 19.3 Å². The van der Waals surface area contributed by atoms with Crippen LogP contribution in [0.3, 0.4) is 0 Å². The van der Waals surface area contributed by atoms with Crippen LogP contribution in [0.15, 0.2) is 0 Å². The summed E-state index contributed by atoms with van der Waals surface area (Å²) in [5.41, 5.74) is 0. The zero-order valence-electron chi connectivity index (χ0n) is 14.2. The molecule has 1 unspecified atom stereocenters. The zero-order valence-corrected chi connectivity index (χ0v) is 14.2. The van der Waals surface area contributed by atoms with Gasteiger partial charge in [0.05, 0.1) is 6.04 Å². The standard InChI is InChI=1S/C18H33N3O/c1-14(18(22)20-17-5-3-2-4-6-17)21-11-9-16(10-12-21)19-13-15-7-8-15/h14-17,19H,2-13H2,1H3,(H,20,22). The van der Waals surface area contributed by atoms with Gasteiger partial charge in [-0.25, -0.2) is 0 Å². The fraction of sp³-hybridized carbons (Fsp3) is 0.944. The van der Waals surface area contributed by atoms with Crippen LogP contribution in [0.4, 0.5) is 0 Å². The number of piperidine rings is 1. The normalized spacial score (nSPS) is 26.8. The Morgan fingerprint density at radius 1 is 1.00 bits per heavy atom. The van der Waals surface area contributed by atoms with Crippen molar-refractivity contribution in [1.82, 2.24) is 15.5 Å². The average molecular weight is 307 g/mol. The number of likely N-dealkylation sites (tertiary alicyclic amines) is 1. The van der Waals surface area contributed by atoms with Crippen molar-refractivity contribution < 1.29 is 4.79 Å². The Bertz CT molecular complexity index is 355. The molecule has 4 heteroatoms. The van der Waals surface area contributed by atoms with Crippen LogP contribution in [-0.4, -0.2) is 48.6 Å². The molecule has 0 aromatic carbocycles. The number of nitrogens with one attached hydrogen (secondary N) is 2. The first kappa shape index (κ1) is 16.3. The SMILES string of the molecule is CC(C(=O)NC1CCCCC1)N1CCC(NCC2CC2)CC1. The Kier molecular flexibility index (Phi) is 5.75. The number of nitrogens with zero attached hydrogens (tertiary/aromatic N) is 1. The smallest absolute Gasteiger partial charge is 0.237 e. The van der Waals surface area contributed by atoms with Crippen molar-refractivity contribution in [2.45, 2.75) is 82.8 Å². The summed E-state index contributed by atoms with van der Waals surface area (Å²) in [6, 6.07) is 1.14. The van der Waals surface area contributed by atoms with Crippen molar-refractivity contribution in [2.75, 3.05) is 19.6 Å². The summed E-state index contributed by atoms with van der Waals surface area (Å²) in [7, 11) is 0. The second-order valence-corrected chi connectivity index (χ2v) is 7.68. The van der Waals surface area contributed by atoms with Crippen LogP contribution < -0.4 is 10.6 Å². The summed E-state index contributed by atoms with van der Waals surface area (Å²) in [5, 5.41) is 6.99. The van der Waals surface area contributed by atoms with E-state index in [1.54, 1.807) is 0 Å². The molecule has 2 saturated carbocycles. The Labute approximate surface area is 135 Å². The molecule has 3 fully saturated rings. The van der Waals surface area contributed by atoms with Gasteiger partial charge in [-0.2, -0.15) is 0 Å². The lowest BCUT2D eigenvalue weighted by Crippen LogP contribution is -2.52. The Balaban J connectivity index is 1.36. The van der Waals surface area contributed by atoms with E-state index in [1.807, 2.05) is 0 Å². The number of carbonyl (C=O) groups is 1. The third-order valence-corrected chi connectivity index (χ3v) is 5.80. The highest BCUT2D eigenvalue weighted by Gasteiger charge is 2.29. The van der Waals surface area contributed by atoms with Crippen LogP contribution in [0.2, 0.25) is 0 Å². The summed E-state index contributed by atoms with van der Waals surface area (Å²) in [4.78, 5) is 14.8. The van der Waals surface area contributed by atoms with Crippen LogP contribution >= 0.6 is 0 Å². The highest BCUT2D eigenvalue weighted by atomic mass is 16.2. The van der Waals surface area contributed by atoms with Crippen molar-refractivity contribution in [1.29, 1.82) is 0 Å². The molecule has 1 atom stereocenters. The predicted molar refractivity (Wildman–Crippen MR) is 89.8 cm³/mol. The average Bonchev–Trinajstić information content (AvgIpc) is 3.38. The molecular weight excluding hydrogens is 274 g/mol. The molecule has 22 heavy (non-hydrogen) atoms. The number of hydrogen-bond donors (Lipinski definition) is 2. The number of amides is 1. The van der Waals surface area contributed by atoms with E-state index >= 15 is 0 Å². The quantitative estimate of drug-likeness (QED) is 0.791. The molecule has 0 aromatic rings. The predicted octanol–water partition coefficient (Wildman–Crippen LogP) is 2.29. The minimum Gasteiger partial charge on any atom is -0.352 e. The monoisotopic (exact) mass is 307 g/mol. The minimum atomic E-state index is 0.0336. The van der Waals surface area contributed by atoms with Gasteiger partial charge in [-0.05, 0) is 57.9 Å². The van der Waals surface area contributed by atoms with Crippen LogP contribution in [0.5, 0.6) is 0 Å². The van der Waals surface area contributed by atoms with Gasteiger partial charge in [0.25, 0.3) is 0 Å². The van der Waals surface area contributed by atoms with E-state index < -0.39 is 0 Å². The largest absolute Gasteiger partial charge is 0.352 e. The lowest BCUT2D eigenvalue weighted by Gasteiger charge is -2.36. The van der Waals surface area contributed by atoms with Crippen molar-refractivity contribution in [2.24, 2.45) is 5.92 Å². The van der Waals surface area contributed by atoms with Crippen molar-refractivity contribution in [3.8, 4) is 0 Å². The Hall–Kier alpha value is -0.610. The van der Waals surface area contributed by atoms with Gasteiger partial charge in [0.1, 0.15) is 0 Å². The first-order valence-corrected chi connectivity index (χ1v) is 9.50. The lowest BCUT2D eigenvalue weighted by molar-refractivity contribution is -0.127. The molecule has 2 N–H and O–H groups in total. The molecule has 126 valence electrons. The Morgan fingerprint density at radius 3 is 2.32 bits per heavy atom. The van der Waals surface area contributed by atoms with E-state index in [9.17, 15) is 4.79 Å². The molecule has 1 saturated heterocycles. The molecule has 0 aromatic heterocycles. The van der Waals surface area contributed by atoms with Gasteiger partial charge in [-0.3, -0.25) is 9.69 Å². The fourth-order valence-corrected chi connectivity index (χ4v) is 3.88. The molecule has 4 nitrogen and oxygen atoms in total. The molecule has 1 aliphatic heterocycles. The molecule has 1 amide bonds. The number of hydrogen-bond acceptors (Lipinski definition) is 3. The summed E-state index contributed by atoms with van der Waals surface area (Å²) < 4.78 is 0. The lowest BCUT2D eigenvalue weighted by atomic mass is 9.95. The van der Waals surface area contributed by atoms with Crippen molar-refractivity contribution >= 4 is 5.91 Å². The first-order valence-electron chi connectivity index (χ1n) is 9.50. The van der Waals surface area contributed by atoms with E-state index in [1.165, 1.54) is 64.3 Å². The van der Waals surface area contributed by atoms with E-state index in [-0.39, 0.29) is 11.9 Å². The molecule has 0 spiro atoms. The second-order valence-electron chi connectivity index (χ2n) is 7.68. The maximum atomic E-state index is 12.4. The first-order chi connectivity index (χ1) is 10.7. The number of rotatable bonds is 6. The second kappa shape index (κ2) is 7.78. The van der Waals surface area contributed by atoms with Gasteiger partial charge in [0.2, 0.25) is 5.91 Å². The van der Waals surface area contributed by atoms with Gasteiger partial charge >= 0.3 is 0 Å². The fourth-order valence-electron chi connectivity index (χ4n) is 3.88. The summed E-state index contributed by atoms with van der Waals surface area (Å²) in [5.74, 6) is 1.20. The molecular formula is C18H33N3O. The maximum absolute atomic E-state index is 12.4. The third kappa shape index (κ3) is 4.69. The van der Waals surface area contributed by atoms with Crippen molar-refractivity contribution in [3.63, 3.8) is 0 Å². The highest BCUT2D eigenvalue weighted by Crippen LogP contribution is 2.28. The summed E-state index contributed by atoms with van der Waals surface area (Å²) in [6.07, 6.45) is 11.4. The zero-order chi connectivity index (χ0) is 15.4. The van der Waals surface area contributed by atoms with Crippen molar-refractivity contribution in [3.05, 3.63) is 0 Å². The highest BCUT2D eigenvalue weighted by molar-refractivity contribution is 5.81. The minimum absolute atomic E-state index is 0.0336. The van der Waals surface area contributed by atoms with Crippen LogP contribution in [-0.2, 0) is 4.79 Å². The van der Waals surface area contributed by atoms with Crippen LogP contribution in [0.25, 0.3) is 0 Å². The van der Waals surface area contributed by atoms with E-state index in [0.29, 0.717) is 12.1 Å². The molecule has 1 heterocycles. The van der Waals surface area contributed by atoms with Gasteiger partial charge in [0, 0.05) is 25.2 Å². The third-order valence-electron chi connectivity index (χ3n) is 5.80. The topological polar surface area (TPSA) is 44.4 Å².